The number of aryl methyl sites for hydroxylation is 2. The third kappa shape index (κ3) is 2.92. The van der Waals surface area contributed by atoms with Crippen LogP contribution in [0, 0.1) is 13.8 Å². The molecule has 0 aliphatic rings. The molecule has 18 heavy (non-hydrogen) atoms. The van der Waals surface area contributed by atoms with Gasteiger partial charge in [-0.3, -0.25) is 0 Å². The zero-order valence-corrected chi connectivity index (χ0v) is 11.5. The maximum Gasteiger partial charge on any atom is 0.147 e. The molecule has 1 heterocycles. The third-order valence-electron chi connectivity index (χ3n) is 2.84. The molecule has 0 atom stereocenters. The number of nitrogens with zero attached hydrogens (tertiary/aromatic N) is 2. The third-order valence-corrected chi connectivity index (χ3v) is 2.84. The fourth-order valence-electron chi connectivity index (χ4n) is 1.97. The molecule has 0 N–H and O–H groups in total. The summed E-state index contributed by atoms with van der Waals surface area (Å²) in [7, 11) is 0. The molecule has 0 saturated heterocycles. The van der Waals surface area contributed by atoms with Crippen LogP contribution in [0.15, 0.2) is 30.5 Å². The van der Waals surface area contributed by atoms with Gasteiger partial charge in [0.15, 0.2) is 0 Å². The van der Waals surface area contributed by atoms with Crippen molar-refractivity contribution >= 4 is 0 Å². The standard InChI is InChI=1S/C15H20N2O/c1-11(2)17-9-13(4)16-15(17)10-18-14-7-5-6-12(3)8-14/h5-9,11H,10H2,1-4H3. The van der Waals surface area contributed by atoms with E-state index in [9.17, 15) is 0 Å². The quantitative estimate of drug-likeness (QED) is 0.820. The van der Waals surface area contributed by atoms with Gasteiger partial charge in [0.1, 0.15) is 18.2 Å². The Morgan fingerprint density at radius 2 is 2.06 bits per heavy atom. The van der Waals surface area contributed by atoms with E-state index in [0.29, 0.717) is 12.6 Å². The van der Waals surface area contributed by atoms with E-state index in [1.165, 1.54) is 5.56 Å². The molecule has 0 spiro atoms. The highest BCUT2D eigenvalue weighted by Gasteiger charge is 2.09. The fourth-order valence-corrected chi connectivity index (χ4v) is 1.97. The van der Waals surface area contributed by atoms with Crippen LogP contribution in [0.25, 0.3) is 0 Å². The van der Waals surface area contributed by atoms with Gasteiger partial charge in [0.2, 0.25) is 0 Å². The second-order valence-electron chi connectivity index (χ2n) is 4.90. The van der Waals surface area contributed by atoms with E-state index in [0.717, 1.165) is 17.3 Å². The monoisotopic (exact) mass is 244 g/mol. The van der Waals surface area contributed by atoms with Crippen molar-refractivity contribution in [2.24, 2.45) is 0 Å². The first kappa shape index (κ1) is 12.7. The molecule has 0 radical (unpaired) electrons. The van der Waals surface area contributed by atoms with Gasteiger partial charge in [-0.05, 0) is 45.4 Å². The van der Waals surface area contributed by atoms with Crippen LogP contribution in [0.4, 0.5) is 0 Å². The van der Waals surface area contributed by atoms with Gasteiger partial charge in [0.05, 0.1) is 5.69 Å². The van der Waals surface area contributed by atoms with Crippen LogP contribution >= 0.6 is 0 Å². The Hall–Kier alpha value is -1.77. The van der Waals surface area contributed by atoms with E-state index in [4.69, 9.17) is 4.74 Å². The Labute approximate surface area is 108 Å². The minimum absolute atomic E-state index is 0.405. The zero-order chi connectivity index (χ0) is 13.1. The molecule has 0 bridgehead atoms. The number of ether oxygens (including phenoxy) is 1. The van der Waals surface area contributed by atoms with E-state index in [1.807, 2.05) is 25.1 Å². The van der Waals surface area contributed by atoms with Crippen molar-refractivity contribution in [2.75, 3.05) is 0 Å². The Kier molecular flexibility index (Phi) is 3.70. The Bertz CT molecular complexity index is 529. The lowest BCUT2D eigenvalue weighted by Crippen LogP contribution is -2.08. The van der Waals surface area contributed by atoms with Gasteiger partial charge >= 0.3 is 0 Å². The molecule has 1 aromatic heterocycles. The predicted molar refractivity (Wildman–Crippen MR) is 72.9 cm³/mol. The van der Waals surface area contributed by atoms with Crippen LogP contribution in [0.3, 0.4) is 0 Å². The second-order valence-corrected chi connectivity index (χ2v) is 4.90. The highest BCUT2D eigenvalue weighted by Crippen LogP contribution is 2.16. The molecule has 3 nitrogen and oxygen atoms in total. The smallest absolute Gasteiger partial charge is 0.147 e. The first-order valence-electron chi connectivity index (χ1n) is 6.30. The second kappa shape index (κ2) is 5.25. The lowest BCUT2D eigenvalue weighted by atomic mass is 10.2. The number of rotatable bonds is 4. The highest BCUT2D eigenvalue weighted by atomic mass is 16.5. The lowest BCUT2D eigenvalue weighted by Gasteiger charge is -2.12. The molecular formula is C15H20N2O. The van der Waals surface area contributed by atoms with Crippen molar-refractivity contribution in [2.45, 2.75) is 40.3 Å². The predicted octanol–water partition coefficient (Wildman–Crippen LogP) is 3.66. The molecule has 2 rings (SSSR count). The molecule has 0 unspecified atom stereocenters. The van der Waals surface area contributed by atoms with Gasteiger partial charge in [-0.25, -0.2) is 4.98 Å². The van der Waals surface area contributed by atoms with E-state index >= 15 is 0 Å². The van der Waals surface area contributed by atoms with E-state index in [1.54, 1.807) is 0 Å². The van der Waals surface area contributed by atoms with Crippen molar-refractivity contribution in [1.82, 2.24) is 9.55 Å². The molecular weight excluding hydrogens is 224 g/mol. The summed E-state index contributed by atoms with van der Waals surface area (Å²) in [6.07, 6.45) is 2.07. The molecule has 0 saturated carbocycles. The summed E-state index contributed by atoms with van der Waals surface area (Å²) >= 11 is 0. The molecule has 0 aliphatic heterocycles. The van der Waals surface area contributed by atoms with Gasteiger partial charge in [-0.2, -0.15) is 0 Å². The van der Waals surface area contributed by atoms with Crippen molar-refractivity contribution in [3.63, 3.8) is 0 Å². The number of aromatic nitrogens is 2. The first-order valence-corrected chi connectivity index (χ1v) is 6.30. The van der Waals surface area contributed by atoms with Gasteiger partial charge in [0.25, 0.3) is 0 Å². The molecule has 1 aromatic carbocycles. The van der Waals surface area contributed by atoms with Crippen molar-refractivity contribution in [3.8, 4) is 5.75 Å². The summed E-state index contributed by atoms with van der Waals surface area (Å²) in [5.74, 6) is 1.87. The molecule has 0 amide bonds. The molecule has 3 heteroatoms. The summed E-state index contributed by atoms with van der Waals surface area (Å²) < 4.78 is 7.95. The average molecular weight is 244 g/mol. The van der Waals surface area contributed by atoms with Crippen LogP contribution in [-0.2, 0) is 6.61 Å². The number of imidazole rings is 1. The SMILES string of the molecule is Cc1cccc(OCc2nc(C)cn2C(C)C)c1. The average Bonchev–Trinajstić information content (AvgIpc) is 2.68. The van der Waals surface area contributed by atoms with Crippen molar-refractivity contribution < 1.29 is 4.74 Å². The van der Waals surface area contributed by atoms with Gasteiger partial charge in [0, 0.05) is 12.2 Å². The Morgan fingerprint density at radius 3 is 2.72 bits per heavy atom. The van der Waals surface area contributed by atoms with Crippen LogP contribution in [0.1, 0.15) is 37.0 Å². The molecule has 2 aromatic rings. The summed E-state index contributed by atoms with van der Waals surface area (Å²) in [5, 5.41) is 0. The summed E-state index contributed by atoms with van der Waals surface area (Å²) in [6.45, 7) is 8.88. The summed E-state index contributed by atoms with van der Waals surface area (Å²) in [4.78, 5) is 4.51. The van der Waals surface area contributed by atoms with Gasteiger partial charge in [-0.15, -0.1) is 0 Å². The molecule has 0 aliphatic carbocycles. The van der Waals surface area contributed by atoms with Crippen LogP contribution in [0.5, 0.6) is 5.75 Å². The fraction of sp³-hybridized carbons (Fsp3) is 0.400. The number of hydrogen-bond donors (Lipinski definition) is 0. The Balaban J connectivity index is 2.10. The van der Waals surface area contributed by atoms with Crippen LogP contribution in [-0.4, -0.2) is 9.55 Å². The molecule has 0 fully saturated rings. The van der Waals surface area contributed by atoms with Crippen molar-refractivity contribution in [3.05, 3.63) is 47.5 Å². The Morgan fingerprint density at radius 1 is 1.28 bits per heavy atom. The first-order chi connectivity index (χ1) is 8.56. The van der Waals surface area contributed by atoms with Crippen LogP contribution < -0.4 is 4.74 Å². The topological polar surface area (TPSA) is 27.1 Å². The van der Waals surface area contributed by atoms with Gasteiger partial charge in [-0.1, -0.05) is 12.1 Å². The number of hydrogen-bond acceptors (Lipinski definition) is 2. The minimum Gasteiger partial charge on any atom is -0.486 e. The number of benzene rings is 1. The largest absolute Gasteiger partial charge is 0.486 e. The van der Waals surface area contributed by atoms with E-state index in [-0.39, 0.29) is 0 Å². The lowest BCUT2D eigenvalue weighted by molar-refractivity contribution is 0.286. The van der Waals surface area contributed by atoms with Gasteiger partial charge < -0.3 is 9.30 Å². The summed E-state index contributed by atoms with van der Waals surface area (Å²) in [6, 6.07) is 8.48. The highest BCUT2D eigenvalue weighted by molar-refractivity contribution is 5.27. The van der Waals surface area contributed by atoms with Crippen LogP contribution in [0.2, 0.25) is 0 Å². The minimum atomic E-state index is 0.405. The van der Waals surface area contributed by atoms with Crippen molar-refractivity contribution in [1.29, 1.82) is 0 Å². The molecule has 96 valence electrons. The maximum absolute atomic E-state index is 5.79. The summed E-state index contributed by atoms with van der Waals surface area (Å²) in [5.41, 5.74) is 2.24. The normalized spacial score (nSPS) is 10.9. The van der Waals surface area contributed by atoms with E-state index < -0.39 is 0 Å². The maximum atomic E-state index is 5.79. The zero-order valence-electron chi connectivity index (χ0n) is 11.5. The van der Waals surface area contributed by atoms with E-state index in [2.05, 4.69) is 42.6 Å².